The van der Waals surface area contributed by atoms with Crippen molar-refractivity contribution >= 4 is 0 Å². The summed E-state index contributed by atoms with van der Waals surface area (Å²) < 4.78 is 5.89. The molecule has 0 radical (unpaired) electrons. The predicted octanol–water partition coefficient (Wildman–Crippen LogP) is 3.89. The zero-order valence-electron chi connectivity index (χ0n) is 13.4. The van der Waals surface area contributed by atoms with Crippen molar-refractivity contribution in [1.29, 1.82) is 5.26 Å². The molecule has 114 valence electrons. The highest BCUT2D eigenvalue weighted by Crippen LogP contribution is 2.27. The molecule has 0 bridgehead atoms. The monoisotopic (exact) mass is 286 g/mol. The van der Waals surface area contributed by atoms with E-state index in [4.69, 9.17) is 4.74 Å². The average Bonchev–Trinajstić information content (AvgIpc) is 3.30. The maximum absolute atomic E-state index is 9.50. The molecule has 1 aromatic rings. The lowest BCUT2D eigenvalue weighted by Crippen LogP contribution is -2.44. The number of benzene rings is 1. The van der Waals surface area contributed by atoms with Crippen molar-refractivity contribution in [1.82, 2.24) is 5.32 Å². The van der Waals surface area contributed by atoms with Crippen LogP contribution in [0, 0.1) is 25.2 Å². The van der Waals surface area contributed by atoms with E-state index in [1.165, 1.54) is 24.0 Å². The fourth-order valence-corrected chi connectivity index (χ4v) is 2.57. The first-order valence-electron chi connectivity index (χ1n) is 7.98. The van der Waals surface area contributed by atoms with Gasteiger partial charge in [-0.25, -0.2) is 0 Å². The fraction of sp³-hybridized carbons (Fsp3) is 0.611. The Morgan fingerprint density at radius 2 is 2.14 bits per heavy atom. The van der Waals surface area contributed by atoms with E-state index in [1.807, 2.05) is 12.1 Å². The quantitative estimate of drug-likeness (QED) is 0.737. The summed E-state index contributed by atoms with van der Waals surface area (Å²) in [4.78, 5) is 0. The van der Waals surface area contributed by atoms with Gasteiger partial charge in [0.05, 0.1) is 12.7 Å². The molecule has 1 atom stereocenters. The SMILES string of the molecule is CCC(C#N)(CCCOc1cccc(C)c1C)NC1CC1. The van der Waals surface area contributed by atoms with Crippen LogP contribution in [0.2, 0.25) is 0 Å². The van der Waals surface area contributed by atoms with Crippen LogP contribution in [0.3, 0.4) is 0 Å². The second kappa shape index (κ2) is 6.95. The van der Waals surface area contributed by atoms with Gasteiger partial charge in [0.2, 0.25) is 0 Å². The Labute approximate surface area is 128 Å². The average molecular weight is 286 g/mol. The summed E-state index contributed by atoms with van der Waals surface area (Å²) in [6.07, 6.45) is 5.02. The Balaban J connectivity index is 1.82. The van der Waals surface area contributed by atoms with E-state index in [9.17, 15) is 5.26 Å². The number of ether oxygens (including phenoxy) is 1. The van der Waals surface area contributed by atoms with E-state index in [1.54, 1.807) is 0 Å². The second-order valence-electron chi connectivity index (χ2n) is 6.12. The van der Waals surface area contributed by atoms with Crippen LogP contribution in [0.4, 0.5) is 0 Å². The molecule has 1 unspecified atom stereocenters. The van der Waals surface area contributed by atoms with E-state index in [2.05, 4.69) is 38.2 Å². The zero-order chi connectivity index (χ0) is 15.3. The van der Waals surface area contributed by atoms with Crippen LogP contribution >= 0.6 is 0 Å². The maximum atomic E-state index is 9.50. The first-order valence-corrected chi connectivity index (χ1v) is 7.98. The normalized spacial score (nSPS) is 17.0. The molecule has 1 aliphatic rings. The minimum absolute atomic E-state index is 0.369. The van der Waals surface area contributed by atoms with Crippen LogP contribution in [-0.2, 0) is 0 Å². The third kappa shape index (κ3) is 4.22. The lowest BCUT2D eigenvalue weighted by atomic mass is 9.92. The van der Waals surface area contributed by atoms with Gasteiger partial charge in [-0.15, -0.1) is 0 Å². The molecule has 2 rings (SSSR count). The van der Waals surface area contributed by atoms with Crippen molar-refractivity contribution in [2.24, 2.45) is 0 Å². The van der Waals surface area contributed by atoms with Gasteiger partial charge in [0.25, 0.3) is 0 Å². The Morgan fingerprint density at radius 1 is 1.38 bits per heavy atom. The zero-order valence-corrected chi connectivity index (χ0v) is 13.4. The van der Waals surface area contributed by atoms with Gasteiger partial charge >= 0.3 is 0 Å². The molecule has 1 aromatic carbocycles. The number of hydrogen-bond acceptors (Lipinski definition) is 3. The first kappa shape index (κ1) is 15.9. The molecule has 3 nitrogen and oxygen atoms in total. The van der Waals surface area contributed by atoms with Crippen molar-refractivity contribution in [2.45, 2.75) is 64.5 Å². The van der Waals surface area contributed by atoms with Gasteiger partial charge in [-0.2, -0.15) is 5.26 Å². The van der Waals surface area contributed by atoms with E-state index in [0.717, 1.165) is 25.0 Å². The Morgan fingerprint density at radius 3 is 2.76 bits per heavy atom. The Kier molecular flexibility index (Phi) is 5.25. The standard InChI is InChI=1S/C18H26N2O/c1-4-18(13-19,20-16-9-10-16)11-6-12-21-17-8-5-7-14(2)15(17)3/h5,7-8,16,20H,4,6,9-12H2,1-3H3. The van der Waals surface area contributed by atoms with E-state index < -0.39 is 0 Å². The summed E-state index contributed by atoms with van der Waals surface area (Å²) >= 11 is 0. The van der Waals surface area contributed by atoms with Crippen LogP contribution in [0.25, 0.3) is 0 Å². The van der Waals surface area contributed by atoms with E-state index in [-0.39, 0.29) is 5.54 Å². The van der Waals surface area contributed by atoms with Gasteiger partial charge in [-0.1, -0.05) is 19.1 Å². The minimum Gasteiger partial charge on any atom is -0.493 e. The van der Waals surface area contributed by atoms with E-state index in [0.29, 0.717) is 12.6 Å². The van der Waals surface area contributed by atoms with Gasteiger partial charge in [-0.3, -0.25) is 5.32 Å². The Hall–Kier alpha value is -1.53. The molecule has 0 aromatic heterocycles. The number of hydrogen-bond donors (Lipinski definition) is 1. The third-order valence-corrected chi connectivity index (χ3v) is 4.44. The topological polar surface area (TPSA) is 45.0 Å². The second-order valence-corrected chi connectivity index (χ2v) is 6.12. The van der Waals surface area contributed by atoms with Gasteiger partial charge < -0.3 is 4.74 Å². The number of nitrogens with one attached hydrogen (secondary N) is 1. The summed E-state index contributed by atoms with van der Waals surface area (Å²) in [7, 11) is 0. The van der Waals surface area contributed by atoms with Gasteiger partial charge in [-0.05, 0) is 63.1 Å². The predicted molar refractivity (Wildman–Crippen MR) is 85.4 cm³/mol. The van der Waals surface area contributed by atoms with Gasteiger partial charge in [0.1, 0.15) is 11.3 Å². The van der Waals surface area contributed by atoms with Crippen LogP contribution in [-0.4, -0.2) is 18.2 Å². The smallest absolute Gasteiger partial charge is 0.122 e. The molecule has 1 aliphatic carbocycles. The summed E-state index contributed by atoms with van der Waals surface area (Å²) in [6.45, 7) is 6.94. The molecular weight excluding hydrogens is 260 g/mol. The van der Waals surface area contributed by atoms with Crippen molar-refractivity contribution in [3.63, 3.8) is 0 Å². The fourth-order valence-electron chi connectivity index (χ4n) is 2.57. The minimum atomic E-state index is -0.369. The molecule has 0 aliphatic heterocycles. The maximum Gasteiger partial charge on any atom is 0.122 e. The summed E-state index contributed by atoms with van der Waals surface area (Å²) in [5.41, 5.74) is 2.09. The van der Waals surface area contributed by atoms with Crippen molar-refractivity contribution in [2.75, 3.05) is 6.61 Å². The van der Waals surface area contributed by atoms with Crippen molar-refractivity contribution in [3.05, 3.63) is 29.3 Å². The van der Waals surface area contributed by atoms with Gasteiger partial charge in [0.15, 0.2) is 0 Å². The largest absolute Gasteiger partial charge is 0.493 e. The number of nitriles is 1. The molecule has 1 saturated carbocycles. The molecule has 0 heterocycles. The van der Waals surface area contributed by atoms with E-state index >= 15 is 0 Å². The van der Waals surface area contributed by atoms with Crippen LogP contribution in [0.5, 0.6) is 5.75 Å². The molecule has 21 heavy (non-hydrogen) atoms. The number of rotatable bonds is 8. The summed E-state index contributed by atoms with van der Waals surface area (Å²) in [6, 6.07) is 9.19. The molecular formula is C18H26N2O. The van der Waals surface area contributed by atoms with Crippen molar-refractivity contribution in [3.8, 4) is 11.8 Å². The third-order valence-electron chi connectivity index (χ3n) is 4.44. The summed E-state index contributed by atoms with van der Waals surface area (Å²) in [5, 5.41) is 13.0. The molecule has 1 N–H and O–H groups in total. The molecule has 0 saturated heterocycles. The highest BCUT2D eigenvalue weighted by atomic mass is 16.5. The first-order chi connectivity index (χ1) is 10.1. The molecule has 0 amide bonds. The van der Waals surface area contributed by atoms with Crippen LogP contribution < -0.4 is 10.1 Å². The highest BCUT2D eigenvalue weighted by Gasteiger charge is 2.34. The summed E-state index contributed by atoms with van der Waals surface area (Å²) in [5.74, 6) is 0.962. The van der Waals surface area contributed by atoms with Crippen LogP contribution in [0.1, 0.15) is 50.2 Å². The lowest BCUT2D eigenvalue weighted by Gasteiger charge is -2.26. The molecule has 0 spiro atoms. The Bertz CT molecular complexity index is 516. The molecule has 1 fully saturated rings. The number of aryl methyl sites for hydroxylation is 1. The number of nitrogens with zero attached hydrogens (tertiary/aromatic N) is 1. The van der Waals surface area contributed by atoms with Crippen LogP contribution in [0.15, 0.2) is 18.2 Å². The highest BCUT2D eigenvalue weighted by molar-refractivity contribution is 5.38. The van der Waals surface area contributed by atoms with Gasteiger partial charge in [0, 0.05) is 6.04 Å². The molecule has 3 heteroatoms. The van der Waals surface area contributed by atoms with Crippen molar-refractivity contribution < 1.29 is 4.74 Å². The lowest BCUT2D eigenvalue weighted by molar-refractivity contribution is 0.273.